The summed E-state index contributed by atoms with van der Waals surface area (Å²) in [6.07, 6.45) is 0. The van der Waals surface area contributed by atoms with Crippen LogP contribution in [0.2, 0.25) is 0 Å². The van der Waals surface area contributed by atoms with Crippen molar-refractivity contribution in [1.29, 1.82) is 0 Å². The first kappa shape index (κ1) is 18.9. The van der Waals surface area contributed by atoms with E-state index in [4.69, 9.17) is 0 Å². The van der Waals surface area contributed by atoms with E-state index in [0.717, 1.165) is 4.90 Å². The number of rotatable bonds is 6. The predicted octanol–water partition coefficient (Wildman–Crippen LogP) is -0.263. The highest BCUT2D eigenvalue weighted by molar-refractivity contribution is 7.89. The minimum Gasteiger partial charge on any atom is -0.348 e. The molecule has 1 heterocycles. The fourth-order valence-electron chi connectivity index (χ4n) is 2.66. The Kier molecular flexibility index (Phi) is 6.37. The van der Waals surface area contributed by atoms with Gasteiger partial charge in [-0.05, 0) is 25.0 Å². The third-order valence-corrected chi connectivity index (χ3v) is 6.52. The van der Waals surface area contributed by atoms with Crippen molar-refractivity contribution in [3.63, 3.8) is 0 Å². The summed E-state index contributed by atoms with van der Waals surface area (Å²) in [4.78, 5) is 13.5. The molecular formula is C17H28N3O3S+. The molecular weight excluding hydrogens is 326 g/mol. The van der Waals surface area contributed by atoms with Gasteiger partial charge in [-0.25, -0.2) is 8.42 Å². The molecule has 0 unspecified atom stereocenters. The van der Waals surface area contributed by atoms with Gasteiger partial charge in [0.25, 0.3) is 5.91 Å². The second kappa shape index (κ2) is 8.09. The lowest BCUT2D eigenvalue weighted by atomic mass is 10.1. The molecule has 1 fully saturated rings. The van der Waals surface area contributed by atoms with E-state index in [2.05, 4.69) is 19.2 Å². The number of amides is 1. The van der Waals surface area contributed by atoms with Crippen molar-refractivity contribution in [2.45, 2.75) is 31.7 Å². The van der Waals surface area contributed by atoms with E-state index >= 15 is 0 Å². The number of quaternary nitrogens is 1. The molecule has 0 radical (unpaired) electrons. The van der Waals surface area contributed by atoms with Gasteiger partial charge in [-0.3, -0.25) is 4.79 Å². The Balaban J connectivity index is 1.86. The summed E-state index contributed by atoms with van der Waals surface area (Å²) in [6.45, 7) is 8.73. The van der Waals surface area contributed by atoms with E-state index in [1.807, 2.05) is 6.92 Å². The van der Waals surface area contributed by atoms with Crippen molar-refractivity contribution in [1.82, 2.24) is 9.62 Å². The lowest BCUT2D eigenvalue weighted by molar-refractivity contribution is -0.895. The van der Waals surface area contributed by atoms with Crippen LogP contribution in [0.3, 0.4) is 0 Å². The first-order chi connectivity index (χ1) is 11.3. The summed E-state index contributed by atoms with van der Waals surface area (Å²) in [7, 11) is -3.42. The minimum atomic E-state index is -3.42. The van der Waals surface area contributed by atoms with Crippen LogP contribution in [0.1, 0.15) is 20.8 Å². The molecule has 0 aliphatic carbocycles. The number of nitrogens with zero attached hydrogens (tertiary/aromatic N) is 1. The van der Waals surface area contributed by atoms with Gasteiger partial charge in [0, 0.05) is 6.04 Å². The highest BCUT2D eigenvalue weighted by Crippen LogP contribution is 2.14. The first-order valence-electron chi connectivity index (χ1n) is 8.49. The van der Waals surface area contributed by atoms with E-state index in [-0.39, 0.29) is 11.9 Å². The van der Waals surface area contributed by atoms with Gasteiger partial charge in [0.05, 0.1) is 31.1 Å². The van der Waals surface area contributed by atoms with Crippen LogP contribution < -0.4 is 10.2 Å². The zero-order valence-corrected chi connectivity index (χ0v) is 15.5. The molecule has 1 aliphatic rings. The number of nitrogens with one attached hydrogen (secondary N) is 2. The molecule has 1 saturated heterocycles. The fourth-order valence-corrected chi connectivity index (χ4v) is 4.12. The van der Waals surface area contributed by atoms with Gasteiger partial charge >= 0.3 is 0 Å². The Morgan fingerprint density at radius 2 is 1.75 bits per heavy atom. The quantitative estimate of drug-likeness (QED) is 0.739. The Bertz CT molecular complexity index is 638. The largest absolute Gasteiger partial charge is 0.348 e. The summed E-state index contributed by atoms with van der Waals surface area (Å²) in [6, 6.07) is 8.66. The van der Waals surface area contributed by atoms with E-state index in [1.165, 1.54) is 4.31 Å². The van der Waals surface area contributed by atoms with Crippen LogP contribution in [0, 0.1) is 5.92 Å². The fraction of sp³-hybridized carbons (Fsp3) is 0.588. The van der Waals surface area contributed by atoms with Crippen LogP contribution in [0.4, 0.5) is 0 Å². The molecule has 7 heteroatoms. The molecule has 0 bridgehead atoms. The number of carbonyl (C=O) groups is 1. The number of piperazine rings is 1. The van der Waals surface area contributed by atoms with E-state index in [1.54, 1.807) is 30.3 Å². The van der Waals surface area contributed by atoms with Crippen LogP contribution in [0.15, 0.2) is 35.2 Å². The molecule has 1 atom stereocenters. The maximum absolute atomic E-state index is 12.6. The molecule has 24 heavy (non-hydrogen) atoms. The Morgan fingerprint density at radius 1 is 1.17 bits per heavy atom. The molecule has 2 rings (SSSR count). The molecule has 2 N–H and O–H groups in total. The van der Waals surface area contributed by atoms with E-state index in [9.17, 15) is 13.2 Å². The molecule has 1 amide bonds. The summed E-state index contributed by atoms with van der Waals surface area (Å²) in [5.41, 5.74) is 0. The second-order valence-corrected chi connectivity index (χ2v) is 8.68. The van der Waals surface area contributed by atoms with Crippen LogP contribution in [-0.4, -0.2) is 57.4 Å². The average Bonchev–Trinajstić information content (AvgIpc) is 2.56. The maximum Gasteiger partial charge on any atom is 0.275 e. The normalized spacial score (nSPS) is 18.5. The van der Waals surface area contributed by atoms with Gasteiger partial charge < -0.3 is 10.2 Å². The lowest BCUT2D eigenvalue weighted by Crippen LogP contribution is -3.15. The van der Waals surface area contributed by atoms with Crippen LogP contribution in [0.5, 0.6) is 0 Å². The van der Waals surface area contributed by atoms with Crippen LogP contribution in [0.25, 0.3) is 0 Å². The highest BCUT2D eigenvalue weighted by atomic mass is 32.2. The van der Waals surface area contributed by atoms with Gasteiger partial charge in [0.1, 0.15) is 0 Å². The van der Waals surface area contributed by atoms with Crippen molar-refractivity contribution in [3.8, 4) is 0 Å². The highest BCUT2D eigenvalue weighted by Gasteiger charge is 2.31. The zero-order chi connectivity index (χ0) is 17.7. The first-order valence-corrected chi connectivity index (χ1v) is 9.93. The van der Waals surface area contributed by atoms with Gasteiger partial charge in [-0.2, -0.15) is 4.31 Å². The topological polar surface area (TPSA) is 70.9 Å². The Hall–Kier alpha value is -1.44. The summed E-state index contributed by atoms with van der Waals surface area (Å²) >= 11 is 0. The van der Waals surface area contributed by atoms with Crippen molar-refractivity contribution in [2.75, 3.05) is 32.7 Å². The third kappa shape index (κ3) is 4.78. The van der Waals surface area contributed by atoms with Gasteiger partial charge in [-0.15, -0.1) is 0 Å². The molecule has 0 spiro atoms. The average molecular weight is 354 g/mol. The number of carbonyl (C=O) groups excluding carboxylic acids is 1. The van der Waals surface area contributed by atoms with Crippen molar-refractivity contribution in [2.24, 2.45) is 5.92 Å². The van der Waals surface area contributed by atoms with Crippen LogP contribution >= 0.6 is 0 Å². The van der Waals surface area contributed by atoms with Gasteiger partial charge in [0.15, 0.2) is 6.54 Å². The number of benzene rings is 1. The smallest absolute Gasteiger partial charge is 0.275 e. The van der Waals surface area contributed by atoms with Gasteiger partial charge in [-0.1, -0.05) is 32.0 Å². The molecule has 1 aromatic carbocycles. The molecule has 6 nitrogen and oxygen atoms in total. The molecule has 0 aromatic heterocycles. The molecule has 0 saturated carbocycles. The number of hydrogen-bond donors (Lipinski definition) is 2. The van der Waals surface area contributed by atoms with E-state index < -0.39 is 10.0 Å². The summed E-state index contributed by atoms with van der Waals surface area (Å²) in [5, 5.41) is 3.00. The minimum absolute atomic E-state index is 0.0329. The monoisotopic (exact) mass is 354 g/mol. The Labute approximate surface area is 144 Å². The van der Waals surface area contributed by atoms with Crippen LogP contribution in [-0.2, 0) is 14.8 Å². The molecule has 1 aromatic rings. The van der Waals surface area contributed by atoms with Gasteiger partial charge in [0.2, 0.25) is 10.0 Å². The standard InChI is InChI=1S/C17H27N3O3S/c1-14(2)15(3)18-17(21)13-19-9-11-20(12-10-19)24(22,23)16-7-5-4-6-8-16/h4-8,14-15H,9-13H2,1-3H3,(H,18,21)/p+1/t15-/m0/s1. The zero-order valence-electron chi connectivity index (χ0n) is 14.7. The van der Waals surface area contributed by atoms with Crippen molar-refractivity contribution >= 4 is 15.9 Å². The molecule has 134 valence electrons. The lowest BCUT2D eigenvalue weighted by Gasteiger charge is -2.31. The Morgan fingerprint density at radius 3 is 2.29 bits per heavy atom. The second-order valence-electron chi connectivity index (χ2n) is 6.74. The SMILES string of the molecule is CC(C)[C@H](C)NC(=O)C[NH+]1CCN(S(=O)(=O)c2ccccc2)CC1. The summed E-state index contributed by atoms with van der Waals surface area (Å²) < 4.78 is 26.7. The maximum atomic E-state index is 12.6. The third-order valence-electron chi connectivity index (χ3n) is 4.61. The van der Waals surface area contributed by atoms with E-state index in [0.29, 0.717) is 43.5 Å². The molecule has 1 aliphatic heterocycles. The van der Waals surface area contributed by atoms with Crippen molar-refractivity contribution < 1.29 is 18.1 Å². The summed E-state index contributed by atoms with van der Waals surface area (Å²) in [5.74, 6) is 0.433. The predicted molar refractivity (Wildman–Crippen MR) is 93.2 cm³/mol. The number of sulfonamides is 1. The van der Waals surface area contributed by atoms with Crippen molar-refractivity contribution in [3.05, 3.63) is 30.3 Å². The number of hydrogen-bond acceptors (Lipinski definition) is 3.